The van der Waals surface area contributed by atoms with Crippen LogP contribution < -0.4 is 11.1 Å². The molecule has 0 spiro atoms. The highest BCUT2D eigenvalue weighted by molar-refractivity contribution is 5.99. The Kier molecular flexibility index (Phi) is 4.56. The number of benzene rings is 2. The Bertz CT molecular complexity index is 651. The number of nitrogens with one attached hydrogen (secondary N) is 1. The molecule has 5 nitrogen and oxygen atoms in total. The zero-order valence-corrected chi connectivity index (χ0v) is 11.6. The largest absolute Gasteiger partial charge is 0.462 e. The fraction of sp³-hybridized carbons (Fsp3) is 0.125. The van der Waals surface area contributed by atoms with Crippen molar-refractivity contribution in [2.75, 3.05) is 11.9 Å². The zero-order valence-electron chi connectivity index (χ0n) is 11.6. The smallest absolute Gasteiger partial charge is 0.338 e. The van der Waals surface area contributed by atoms with Crippen LogP contribution in [0.15, 0.2) is 48.5 Å². The molecule has 0 aliphatic rings. The number of esters is 1. The fourth-order valence-electron chi connectivity index (χ4n) is 1.87. The van der Waals surface area contributed by atoms with Crippen LogP contribution in [0.5, 0.6) is 0 Å². The molecule has 2 aromatic rings. The van der Waals surface area contributed by atoms with E-state index in [-0.39, 0.29) is 5.97 Å². The van der Waals surface area contributed by atoms with Gasteiger partial charge in [0.15, 0.2) is 0 Å². The number of rotatable bonds is 5. The fourth-order valence-corrected chi connectivity index (χ4v) is 1.87. The van der Waals surface area contributed by atoms with E-state index in [9.17, 15) is 9.59 Å². The van der Waals surface area contributed by atoms with Gasteiger partial charge >= 0.3 is 5.97 Å². The van der Waals surface area contributed by atoms with E-state index in [0.717, 1.165) is 5.69 Å². The zero-order chi connectivity index (χ0) is 15.2. The van der Waals surface area contributed by atoms with Gasteiger partial charge < -0.3 is 15.8 Å². The van der Waals surface area contributed by atoms with Gasteiger partial charge in [0.05, 0.1) is 23.4 Å². The van der Waals surface area contributed by atoms with E-state index in [1.165, 1.54) is 0 Å². The van der Waals surface area contributed by atoms with Gasteiger partial charge in [-0.15, -0.1) is 0 Å². The number of amides is 1. The molecule has 0 radical (unpaired) electrons. The second-order valence-corrected chi connectivity index (χ2v) is 4.33. The number of nitrogens with two attached hydrogens (primary N) is 1. The molecule has 0 fully saturated rings. The second kappa shape index (κ2) is 6.56. The van der Waals surface area contributed by atoms with Crippen LogP contribution in [0.25, 0.3) is 0 Å². The van der Waals surface area contributed by atoms with Crippen molar-refractivity contribution in [1.29, 1.82) is 0 Å². The molecule has 2 rings (SSSR count). The molecular weight excluding hydrogens is 268 g/mol. The summed E-state index contributed by atoms with van der Waals surface area (Å²) < 4.78 is 4.92. The molecule has 108 valence electrons. The highest BCUT2D eigenvalue weighted by Crippen LogP contribution is 2.21. The third-order valence-corrected chi connectivity index (χ3v) is 2.87. The van der Waals surface area contributed by atoms with Gasteiger partial charge in [-0.05, 0) is 43.3 Å². The average Bonchev–Trinajstić information content (AvgIpc) is 2.48. The van der Waals surface area contributed by atoms with Crippen LogP contribution in [0.3, 0.4) is 0 Å². The molecule has 3 N–H and O–H groups in total. The van der Waals surface area contributed by atoms with E-state index in [4.69, 9.17) is 10.5 Å². The summed E-state index contributed by atoms with van der Waals surface area (Å²) in [4.78, 5) is 22.9. The van der Waals surface area contributed by atoms with Gasteiger partial charge in [0.2, 0.25) is 0 Å². The van der Waals surface area contributed by atoms with Crippen LogP contribution in [0, 0.1) is 0 Å². The first-order valence-corrected chi connectivity index (χ1v) is 6.55. The average molecular weight is 284 g/mol. The summed E-state index contributed by atoms with van der Waals surface area (Å²) >= 11 is 0. The predicted octanol–water partition coefficient (Wildman–Crippen LogP) is 2.71. The lowest BCUT2D eigenvalue weighted by Gasteiger charge is -2.10. The van der Waals surface area contributed by atoms with Crippen molar-refractivity contribution in [2.45, 2.75) is 6.92 Å². The Morgan fingerprint density at radius 3 is 2.38 bits per heavy atom. The number of ether oxygens (including phenoxy) is 1. The molecule has 2 aromatic carbocycles. The van der Waals surface area contributed by atoms with Gasteiger partial charge in [-0.25, -0.2) is 4.79 Å². The van der Waals surface area contributed by atoms with Gasteiger partial charge in [-0.1, -0.05) is 12.1 Å². The maximum absolute atomic E-state index is 11.6. The minimum Gasteiger partial charge on any atom is -0.462 e. The molecule has 0 bridgehead atoms. The van der Waals surface area contributed by atoms with Crippen LogP contribution in [0.1, 0.15) is 27.6 Å². The summed E-state index contributed by atoms with van der Waals surface area (Å²) in [6, 6.07) is 13.8. The number of para-hydroxylation sites is 1. The summed E-state index contributed by atoms with van der Waals surface area (Å²) in [5, 5.41) is 3.10. The molecule has 0 saturated carbocycles. The van der Waals surface area contributed by atoms with Crippen molar-refractivity contribution in [3.05, 3.63) is 59.7 Å². The normalized spacial score (nSPS) is 9.95. The molecular formula is C16H16N2O3. The minimum atomic E-state index is -0.499. The van der Waals surface area contributed by atoms with Crippen molar-refractivity contribution in [3.8, 4) is 0 Å². The van der Waals surface area contributed by atoms with Crippen molar-refractivity contribution in [3.63, 3.8) is 0 Å². The number of carbonyl (C=O) groups excluding carboxylic acids is 2. The Hall–Kier alpha value is -2.82. The van der Waals surface area contributed by atoms with Crippen LogP contribution in [0.4, 0.5) is 11.4 Å². The lowest BCUT2D eigenvalue weighted by atomic mass is 10.1. The first-order valence-electron chi connectivity index (χ1n) is 6.55. The van der Waals surface area contributed by atoms with E-state index in [0.29, 0.717) is 23.4 Å². The lowest BCUT2D eigenvalue weighted by Crippen LogP contribution is -2.13. The van der Waals surface area contributed by atoms with Crippen molar-refractivity contribution in [1.82, 2.24) is 0 Å². The van der Waals surface area contributed by atoms with Crippen LogP contribution in [-0.2, 0) is 4.74 Å². The summed E-state index contributed by atoms with van der Waals surface area (Å²) in [7, 11) is 0. The van der Waals surface area contributed by atoms with E-state index >= 15 is 0 Å². The van der Waals surface area contributed by atoms with Crippen LogP contribution >= 0.6 is 0 Å². The highest BCUT2D eigenvalue weighted by Gasteiger charge is 2.08. The molecule has 0 aliphatic carbocycles. The Morgan fingerprint density at radius 1 is 1.10 bits per heavy atom. The first kappa shape index (κ1) is 14.6. The SMILES string of the molecule is CCOC(=O)c1ccc(Nc2ccccc2C(N)=O)cc1. The molecule has 0 aromatic heterocycles. The van der Waals surface area contributed by atoms with Crippen molar-refractivity contribution in [2.24, 2.45) is 5.73 Å². The number of hydrogen-bond acceptors (Lipinski definition) is 4. The summed E-state index contributed by atoms with van der Waals surface area (Å²) in [5.41, 5.74) is 7.58. The topological polar surface area (TPSA) is 81.4 Å². The van der Waals surface area contributed by atoms with Gasteiger partial charge in [0.25, 0.3) is 5.91 Å². The number of hydrogen-bond donors (Lipinski definition) is 2. The van der Waals surface area contributed by atoms with Crippen molar-refractivity contribution >= 4 is 23.3 Å². The standard InChI is InChI=1S/C16H16N2O3/c1-2-21-16(20)11-7-9-12(10-8-11)18-14-6-4-3-5-13(14)15(17)19/h3-10,18H,2H2,1H3,(H2,17,19). The molecule has 21 heavy (non-hydrogen) atoms. The Labute approximate surface area is 122 Å². The number of primary amides is 1. The molecule has 0 unspecified atom stereocenters. The van der Waals surface area contributed by atoms with Gasteiger partial charge in [0.1, 0.15) is 0 Å². The number of anilines is 2. The van der Waals surface area contributed by atoms with Crippen LogP contribution in [-0.4, -0.2) is 18.5 Å². The maximum atomic E-state index is 11.6. The maximum Gasteiger partial charge on any atom is 0.338 e. The lowest BCUT2D eigenvalue weighted by molar-refractivity contribution is 0.0526. The second-order valence-electron chi connectivity index (χ2n) is 4.33. The summed E-state index contributed by atoms with van der Waals surface area (Å²) in [5.74, 6) is -0.858. The Morgan fingerprint density at radius 2 is 1.76 bits per heavy atom. The Balaban J connectivity index is 2.18. The van der Waals surface area contributed by atoms with E-state index < -0.39 is 5.91 Å². The monoisotopic (exact) mass is 284 g/mol. The third kappa shape index (κ3) is 3.60. The van der Waals surface area contributed by atoms with E-state index in [1.54, 1.807) is 49.4 Å². The van der Waals surface area contributed by atoms with Gasteiger partial charge in [-0.2, -0.15) is 0 Å². The third-order valence-electron chi connectivity index (χ3n) is 2.87. The predicted molar refractivity (Wildman–Crippen MR) is 80.6 cm³/mol. The first-order chi connectivity index (χ1) is 10.1. The molecule has 1 amide bonds. The van der Waals surface area contributed by atoms with Gasteiger partial charge in [0, 0.05) is 5.69 Å². The van der Waals surface area contributed by atoms with Crippen LogP contribution in [0.2, 0.25) is 0 Å². The molecule has 0 aliphatic heterocycles. The highest BCUT2D eigenvalue weighted by atomic mass is 16.5. The molecule has 0 saturated heterocycles. The quantitative estimate of drug-likeness (QED) is 0.827. The van der Waals surface area contributed by atoms with Crippen molar-refractivity contribution < 1.29 is 14.3 Å². The van der Waals surface area contributed by atoms with Gasteiger partial charge in [-0.3, -0.25) is 4.79 Å². The van der Waals surface area contributed by atoms with E-state index in [2.05, 4.69) is 5.32 Å². The van der Waals surface area contributed by atoms with E-state index in [1.807, 2.05) is 6.07 Å². The molecule has 5 heteroatoms. The summed E-state index contributed by atoms with van der Waals surface area (Å²) in [6.07, 6.45) is 0. The molecule has 0 atom stereocenters. The summed E-state index contributed by atoms with van der Waals surface area (Å²) in [6.45, 7) is 2.10. The minimum absolute atomic E-state index is 0.338. The molecule has 0 heterocycles. The number of carbonyl (C=O) groups is 2.